The molecule has 1 fully saturated rings. The third-order valence-electron chi connectivity index (χ3n) is 4.08. The lowest BCUT2D eigenvalue weighted by atomic mass is 10.1. The molecule has 1 heterocycles. The Morgan fingerprint density at radius 3 is 2.48 bits per heavy atom. The highest BCUT2D eigenvalue weighted by Gasteiger charge is 2.23. The highest BCUT2D eigenvalue weighted by atomic mass is 32.2. The van der Waals surface area contributed by atoms with Gasteiger partial charge in [0.1, 0.15) is 0 Å². The number of nitrogens with zero attached hydrogens (tertiary/aromatic N) is 1. The molecule has 0 saturated carbocycles. The minimum atomic E-state index is -3.35. The molecule has 1 atom stereocenters. The smallest absolute Gasteiger partial charge is 0.240 e. The number of anilines is 1. The van der Waals surface area contributed by atoms with Gasteiger partial charge in [0.25, 0.3) is 0 Å². The zero-order valence-corrected chi connectivity index (χ0v) is 13.8. The second-order valence-corrected chi connectivity index (χ2v) is 7.74. The van der Waals surface area contributed by atoms with Crippen LogP contribution >= 0.6 is 0 Å². The average molecular weight is 311 g/mol. The van der Waals surface area contributed by atoms with Crippen molar-refractivity contribution in [2.45, 2.75) is 31.2 Å². The molecular weight excluding hydrogens is 286 g/mol. The first kappa shape index (κ1) is 16.3. The number of sulfonamides is 1. The molecule has 2 N–H and O–H groups in total. The van der Waals surface area contributed by atoms with Crippen LogP contribution in [0.15, 0.2) is 29.2 Å². The maximum absolute atomic E-state index is 11.6. The molecule has 5 nitrogen and oxygen atoms in total. The van der Waals surface area contributed by atoms with Gasteiger partial charge in [-0.2, -0.15) is 0 Å². The molecule has 21 heavy (non-hydrogen) atoms. The van der Waals surface area contributed by atoms with E-state index in [0.29, 0.717) is 16.9 Å². The highest BCUT2D eigenvalue weighted by molar-refractivity contribution is 7.89. The number of hydrogen-bond acceptors (Lipinski definition) is 4. The van der Waals surface area contributed by atoms with Gasteiger partial charge in [-0.05, 0) is 64.0 Å². The summed E-state index contributed by atoms with van der Waals surface area (Å²) < 4.78 is 25.6. The Kier molecular flexibility index (Phi) is 5.24. The summed E-state index contributed by atoms with van der Waals surface area (Å²) in [6.45, 7) is 7.70. The summed E-state index contributed by atoms with van der Waals surface area (Å²) in [4.78, 5) is 2.79. The third-order valence-corrected chi connectivity index (χ3v) is 5.51. The summed E-state index contributed by atoms with van der Waals surface area (Å²) in [5, 5.41) is 3.40. The molecule has 1 aromatic carbocycles. The molecule has 118 valence electrons. The Morgan fingerprint density at radius 2 is 1.95 bits per heavy atom. The SMILES string of the molecule is CNS(=O)(=O)c1ccc(NCC2CCN(C(C)C)C2)cc1. The van der Waals surface area contributed by atoms with Crippen LogP contribution in [0.4, 0.5) is 5.69 Å². The summed E-state index contributed by atoms with van der Waals surface area (Å²) in [5.41, 5.74) is 0.966. The maximum Gasteiger partial charge on any atom is 0.240 e. The van der Waals surface area contributed by atoms with Gasteiger partial charge in [0.05, 0.1) is 4.90 Å². The van der Waals surface area contributed by atoms with Gasteiger partial charge in [-0.25, -0.2) is 13.1 Å². The molecule has 0 bridgehead atoms. The minimum absolute atomic E-state index is 0.294. The first-order valence-corrected chi connectivity index (χ1v) is 8.92. The predicted octanol–water partition coefficient (Wildman–Crippen LogP) is 1.74. The second-order valence-electron chi connectivity index (χ2n) is 5.86. The summed E-state index contributed by atoms with van der Waals surface area (Å²) >= 11 is 0. The van der Waals surface area contributed by atoms with Crippen molar-refractivity contribution < 1.29 is 8.42 Å². The third kappa shape index (κ3) is 4.18. The summed E-state index contributed by atoms with van der Waals surface area (Å²) in [6.07, 6.45) is 1.22. The van der Waals surface area contributed by atoms with Crippen LogP contribution < -0.4 is 10.0 Å². The van der Waals surface area contributed by atoms with Gasteiger partial charge in [-0.3, -0.25) is 0 Å². The van der Waals surface area contributed by atoms with Crippen LogP contribution in [0.2, 0.25) is 0 Å². The molecule has 1 saturated heterocycles. The van der Waals surface area contributed by atoms with Crippen LogP contribution in [0, 0.1) is 5.92 Å². The average Bonchev–Trinajstić information content (AvgIpc) is 2.95. The Hall–Kier alpha value is -1.11. The van der Waals surface area contributed by atoms with Gasteiger partial charge >= 0.3 is 0 Å². The van der Waals surface area contributed by atoms with Gasteiger partial charge < -0.3 is 10.2 Å². The summed E-state index contributed by atoms with van der Waals surface area (Å²) in [5.74, 6) is 0.660. The van der Waals surface area contributed by atoms with Crippen molar-refractivity contribution in [2.24, 2.45) is 5.92 Å². The van der Waals surface area contributed by atoms with Gasteiger partial charge in [0.15, 0.2) is 0 Å². The van der Waals surface area contributed by atoms with Crippen molar-refractivity contribution in [3.05, 3.63) is 24.3 Å². The summed E-state index contributed by atoms with van der Waals surface area (Å²) in [6, 6.07) is 7.51. The lowest BCUT2D eigenvalue weighted by Crippen LogP contribution is -2.29. The van der Waals surface area contributed by atoms with Crippen molar-refractivity contribution in [2.75, 3.05) is 32.0 Å². The Bertz CT molecular complexity index is 555. The lowest BCUT2D eigenvalue weighted by molar-refractivity contribution is 0.266. The van der Waals surface area contributed by atoms with Gasteiger partial charge in [-0.1, -0.05) is 0 Å². The van der Waals surface area contributed by atoms with Crippen LogP contribution in [-0.2, 0) is 10.0 Å². The fraction of sp³-hybridized carbons (Fsp3) is 0.600. The van der Waals surface area contributed by atoms with Crippen molar-refractivity contribution in [3.8, 4) is 0 Å². The number of nitrogens with one attached hydrogen (secondary N) is 2. The number of rotatable bonds is 6. The number of likely N-dealkylation sites (tertiary alicyclic amines) is 1. The van der Waals surface area contributed by atoms with Gasteiger partial charge in [0, 0.05) is 24.8 Å². The number of benzene rings is 1. The molecule has 1 unspecified atom stereocenters. The van der Waals surface area contributed by atoms with E-state index in [1.807, 2.05) is 12.1 Å². The fourth-order valence-corrected chi connectivity index (χ4v) is 3.36. The molecule has 1 aliphatic heterocycles. The largest absolute Gasteiger partial charge is 0.385 e. The van der Waals surface area contributed by atoms with Crippen molar-refractivity contribution in [1.29, 1.82) is 0 Å². The fourth-order valence-electron chi connectivity index (χ4n) is 2.63. The van der Waals surface area contributed by atoms with E-state index in [1.165, 1.54) is 20.0 Å². The van der Waals surface area contributed by atoms with E-state index in [1.54, 1.807) is 12.1 Å². The lowest BCUT2D eigenvalue weighted by Gasteiger charge is -2.20. The van der Waals surface area contributed by atoms with Crippen molar-refractivity contribution in [1.82, 2.24) is 9.62 Å². The standard InChI is InChI=1S/C15H25N3O2S/c1-12(2)18-9-8-13(11-18)10-17-14-4-6-15(7-5-14)21(19,20)16-3/h4-7,12-13,16-17H,8-11H2,1-3H3. The Balaban J connectivity index is 1.88. The molecule has 0 radical (unpaired) electrons. The molecular formula is C15H25N3O2S. The Morgan fingerprint density at radius 1 is 1.29 bits per heavy atom. The van der Waals surface area contributed by atoms with Crippen LogP contribution in [0.25, 0.3) is 0 Å². The van der Waals surface area contributed by atoms with Crippen LogP contribution in [0.1, 0.15) is 20.3 Å². The second kappa shape index (κ2) is 6.77. The zero-order valence-electron chi connectivity index (χ0n) is 13.0. The quantitative estimate of drug-likeness (QED) is 0.840. The molecule has 1 aromatic rings. The van der Waals surface area contributed by atoms with E-state index < -0.39 is 10.0 Å². The van der Waals surface area contributed by atoms with E-state index in [-0.39, 0.29) is 0 Å². The first-order chi connectivity index (χ1) is 9.92. The molecule has 0 aliphatic carbocycles. The van der Waals surface area contributed by atoms with Crippen LogP contribution in [0.5, 0.6) is 0 Å². The van der Waals surface area contributed by atoms with Crippen molar-refractivity contribution >= 4 is 15.7 Å². The monoisotopic (exact) mass is 311 g/mol. The molecule has 0 aromatic heterocycles. The van der Waals surface area contributed by atoms with Crippen LogP contribution in [0.3, 0.4) is 0 Å². The molecule has 6 heteroatoms. The summed E-state index contributed by atoms with van der Waals surface area (Å²) in [7, 11) is -1.93. The first-order valence-electron chi connectivity index (χ1n) is 7.44. The predicted molar refractivity (Wildman–Crippen MR) is 86.0 cm³/mol. The molecule has 2 rings (SSSR count). The number of hydrogen-bond donors (Lipinski definition) is 2. The van der Waals surface area contributed by atoms with E-state index in [4.69, 9.17) is 0 Å². The minimum Gasteiger partial charge on any atom is -0.385 e. The van der Waals surface area contributed by atoms with Crippen molar-refractivity contribution in [3.63, 3.8) is 0 Å². The zero-order chi connectivity index (χ0) is 15.5. The van der Waals surface area contributed by atoms with E-state index in [9.17, 15) is 8.42 Å². The van der Waals surface area contributed by atoms with E-state index in [2.05, 4.69) is 28.8 Å². The molecule has 0 amide bonds. The molecule has 1 aliphatic rings. The van der Waals surface area contributed by atoms with Gasteiger partial charge in [0.2, 0.25) is 10.0 Å². The molecule has 0 spiro atoms. The normalized spacial score (nSPS) is 20.1. The topological polar surface area (TPSA) is 61.4 Å². The van der Waals surface area contributed by atoms with Gasteiger partial charge in [-0.15, -0.1) is 0 Å². The Labute approximate surface area is 127 Å². The van der Waals surface area contributed by atoms with E-state index >= 15 is 0 Å². The van der Waals surface area contributed by atoms with E-state index in [0.717, 1.165) is 18.8 Å². The maximum atomic E-state index is 11.6. The van der Waals surface area contributed by atoms with Crippen LogP contribution in [-0.4, -0.2) is 46.0 Å². The highest BCUT2D eigenvalue weighted by Crippen LogP contribution is 2.20.